The lowest BCUT2D eigenvalue weighted by Gasteiger charge is -2.22. The minimum absolute atomic E-state index is 0.283. The molecule has 1 aliphatic carbocycles. The number of nitrogens with one attached hydrogen (secondary N) is 1. The van der Waals surface area contributed by atoms with Crippen molar-refractivity contribution in [3.8, 4) is 0 Å². The van der Waals surface area contributed by atoms with Gasteiger partial charge in [-0.1, -0.05) is 42.0 Å². The molecule has 86 valence electrons. The van der Waals surface area contributed by atoms with E-state index in [1.54, 1.807) is 0 Å². The van der Waals surface area contributed by atoms with Crippen LogP contribution in [-0.4, -0.2) is 12.6 Å². The van der Waals surface area contributed by atoms with E-state index in [9.17, 15) is 0 Å². The maximum Gasteiger partial charge on any atom is 0.0446 e. The van der Waals surface area contributed by atoms with Gasteiger partial charge in [0.05, 0.1) is 0 Å². The van der Waals surface area contributed by atoms with E-state index in [1.807, 2.05) is 0 Å². The van der Waals surface area contributed by atoms with Crippen LogP contribution in [0.25, 0.3) is 0 Å². The zero-order valence-corrected chi connectivity index (χ0v) is 9.82. The molecular formula is C14H20N2. The first-order valence-electron chi connectivity index (χ1n) is 5.97. The van der Waals surface area contributed by atoms with Crippen molar-refractivity contribution in [2.24, 2.45) is 5.73 Å². The summed E-state index contributed by atoms with van der Waals surface area (Å²) in [5, 5.41) is 3.61. The van der Waals surface area contributed by atoms with Crippen LogP contribution in [0.4, 0.5) is 0 Å². The van der Waals surface area contributed by atoms with E-state index in [2.05, 4.69) is 48.7 Å². The molecule has 0 aliphatic heterocycles. The van der Waals surface area contributed by atoms with Crippen LogP contribution in [0.3, 0.4) is 0 Å². The maximum atomic E-state index is 5.84. The minimum atomic E-state index is 0.283. The van der Waals surface area contributed by atoms with Gasteiger partial charge in [0.2, 0.25) is 0 Å². The van der Waals surface area contributed by atoms with E-state index in [4.69, 9.17) is 5.73 Å². The molecule has 2 nitrogen and oxygen atoms in total. The van der Waals surface area contributed by atoms with Gasteiger partial charge in [0, 0.05) is 18.6 Å². The van der Waals surface area contributed by atoms with Gasteiger partial charge >= 0.3 is 0 Å². The first-order valence-corrected chi connectivity index (χ1v) is 5.97. The van der Waals surface area contributed by atoms with Gasteiger partial charge in [0.25, 0.3) is 0 Å². The van der Waals surface area contributed by atoms with Gasteiger partial charge in [0.15, 0.2) is 0 Å². The highest BCUT2D eigenvalue weighted by molar-refractivity contribution is 5.24. The summed E-state index contributed by atoms with van der Waals surface area (Å²) in [5.41, 5.74) is 8.42. The second kappa shape index (κ2) is 5.28. The second-order valence-corrected chi connectivity index (χ2v) is 4.51. The molecule has 0 amide bonds. The van der Waals surface area contributed by atoms with Gasteiger partial charge in [0.1, 0.15) is 0 Å². The van der Waals surface area contributed by atoms with Crippen LogP contribution in [0.2, 0.25) is 0 Å². The lowest BCUT2D eigenvalue weighted by Crippen LogP contribution is -2.35. The van der Waals surface area contributed by atoms with Crippen molar-refractivity contribution in [1.82, 2.24) is 5.32 Å². The van der Waals surface area contributed by atoms with Crippen molar-refractivity contribution in [1.29, 1.82) is 0 Å². The van der Waals surface area contributed by atoms with E-state index < -0.39 is 0 Å². The predicted octanol–water partition coefficient (Wildman–Crippen LogP) is 2.30. The van der Waals surface area contributed by atoms with Crippen molar-refractivity contribution >= 4 is 0 Å². The molecule has 0 aromatic heterocycles. The zero-order chi connectivity index (χ0) is 11.4. The molecule has 0 fully saturated rings. The lowest BCUT2D eigenvalue weighted by atomic mass is 10.0. The third-order valence-corrected chi connectivity index (χ3v) is 3.16. The molecule has 1 unspecified atom stereocenters. The fraction of sp³-hybridized carbons (Fsp3) is 0.429. The summed E-state index contributed by atoms with van der Waals surface area (Å²) in [6, 6.07) is 9.48. The largest absolute Gasteiger partial charge is 0.329 e. The molecule has 1 atom stereocenters. The van der Waals surface area contributed by atoms with Crippen LogP contribution in [0.5, 0.6) is 0 Å². The molecule has 0 saturated heterocycles. The topological polar surface area (TPSA) is 38.0 Å². The Bertz CT molecular complexity index is 346. The summed E-state index contributed by atoms with van der Waals surface area (Å²) >= 11 is 0. The number of hydrogen-bond acceptors (Lipinski definition) is 2. The van der Waals surface area contributed by atoms with E-state index >= 15 is 0 Å². The molecular weight excluding hydrogens is 196 g/mol. The Kier molecular flexibility index (Phi) is 3.75. The average Bonchev–Trinajstić information content (AvgIpc) is 2.80. The number of hydrogen-bond donors (Lipinski definition) is 2. The van der Waals surface area contributed by atoms with Gasteiger partial charge in [-0.15, -0.1) is 0 Å². The normalized spacial score (nSPS) is 17.9. The summed E-state index contributed by atoms with van der Waals surface area (Å²) in [6.07, 6.45) is 6.73. The summed E-state index contributed by atoms with van der Waals surface area (Å²) in [6.45, 7) is 2.76. The van der Waals surface area contributed by atoms with Crippen molar-refractivity contribution in [3.63, 3.8) is 0 Å². The predicted molar refractivity (Wildman–Crippen MR) is 68.3 cm³/mol. The van der Waals surface area contributed by atoms with E-state index in [0.29, 0.717) is 12.6 Å². The molecule has 2 heteroatoms. The fourth-order valence-electron chi connectivity index (χ4n) is 2.14. The van der Waals surface area contributed by atoms with Crippen LogP contribution in [0.15, 0.2) is 36.4 Å². The van der Waals surface area contributed by atoms with Crippen LogP contribution < -0.4 is 11.1 Å². The standard InChI is InChI=1S/C14H20N2/c1-11-6-8-12(9-7-11)14(10-15)16-13-4-2-3-5-13/h2-3,6-9,13-14,16H,4-5,10,15H2,1H3. The zero-order valence-electron chi connectivity index (χ0n) is 9.82. The van der Waals surface area contributed by atoms with Crippen LogP contribution >= 0.6 is 0 Å². The van der Waals surface area contributed by atoms with Gasteiger partial charge in [-0.3, -0.25) is 0 Å². The molecule has 0 bridgehead atoms. The highest BCUT2D eigenvalue weighted by atomic mass is 15.0. The number of benzene rings is 1. The van der Waals surface area contributed by atoms with E-state index in [1.165, 1.54) is 11.1 Å². The summed E-state index contributed by atoms with van der Waals surface area (Å²) in [7, 11) is 0. The van der Waals surface area contributed by atoms with Crippen LogP contribution in [-0.2, 0) is 0 Å². The quantitative estimate of drug-likeness (QED) is 0.758. The van der Waals surface area contributed by atoms with E-state index in [-0.39, 0.29) is 6.04 Å². The Labute approximate surface area is 97.5 Å². The Balaban J connectivity index is 2.01. The molecule has 16 heavy (non-hydrogen) atoms. The molecule has 0 saturated carbocycles. The Morgan fingerprint density at radius 2 is 1.88 bits per heavy atom. The molecule has 1 aromatic rings. The van der Waals surface area contributed by atoms with Crippen molar-refractivity contribution < 1.29 is 0 Å². The van der Waals surface area contributed by atoms with Crippen molar-refractivity contribution in [3.05, 3.63) is 47.5 Å². The van der Waals surface area contributed by atoms with Crippen molar-refractivity contribution in [2.75, 3.05) is 6.54 Å². The molecule has 1 aliphatic rings. The smallest absolute Gasteiger partial charge is 0.0446 e. The fourth-order valence-corrected chi connectivity index (χ4v) is 2.14. The monoisotopic (exact) mass is 216 g/mol. The second-order valence-electron chi connectivity index (χ2n) is 4.51. The molecule has 0 heterocycles. The van der Waals surface area contributed by atoms with Crippen LogP contribution in [0, 0.1) is 6.92 Å². The summed E-state index contributed by atoms with van der Waals surface area (Å²) in [5.74, 6) is 0. The van der Waals surface area contributed by atoms with Gasteiger partial charge in [-0.05, 0) is 25.3 Å². The van der Waals surface area contributed by atoms with Crippen LogP contribution in [0.1, 0.15) is 30.0 Å². The number of rotatable bonds is 4. The third kappa shape index (κ3) is 2.71. The van der Waals surface area contributed by atoms with E-state index in [0.717, 1.165) is 12.8 Å². The number of nitrogens with two attached hydrogens (primary N) is 1. The average molecular weight is 216 g/mol. The Morgan fingerprint density at radius 3 is 2.44 bits per heavy atom. The van der Waals surface area contributed by atoms with Crippen molar-refractivity contribution in [2.45, 2.75) is 31.8 Å². The number of aryl methyl sites for hydroxylation is 1. The van der Waals surface area contributed by atoms with Gasteiger partial charge in [-0.25, -0.2) is 0 Å². The minimum Gasteiger partial charge on any atom is -0.329 e. The lowest BCUT2D eigenvalue weighted by molar-refractivity contribution is 0.453. The molecule has 0 radical (unpaired) electrons. The first-order chi connectivity index (χ1) is 7.79. The van der Waals surface area contributed by atoms with Gasteiger partial charge in [-0.2, -0.15) is 0 Å². The third-order valence-electron chi connectivity index (χ3n) is 3.16. The highest BCUT2D eigenvalue weighted by Crippen LogP contribution is 2.17. The molecule has 3 N–H and O–H groups in total. The Morgan fingerprint density at radius 1 is 1.25 bits per heavy atom. The Hall–Kier alpha value is -1.12. The maximum absolute atomic E-state index is 5.84. The SMILES string of the molecule is Cc1ccc(C(CN)NC2CC=CC2)cc1. The summed E-state index contributed by atoms with van der Waals surface area (Å²) < 4.78 is 0. The summed E-state index contributed by atoms with van der Waals surface area (Å²) in [4.78, 5) is 0. The molecule has 1 aromatic carbocycles. The van der Waals surface area contributed by atoms with Gasteiger partial charge < -0.3 is 11.1 Å². The molecule has 2 rings (SSSR count). The first kappa shape index (κ1) is 11.4. The molecule has 0 spiro atoms. The highest BCUT2D eigenvalue weighted by Gasteiger charge is 2.16.